The molecule has 4 heteroatoms. The van der Waals surface area contributed by atoms with Crippen LogP contribution in [-0.2, 0) is 0 Å². The van der Waals surface area contributed by atoms with E-state index in [1.165, 1.54) is 0 Å². The number of benzene rings is 4. The quantitative estimate of drug-likeness (QED) is 0.263. The van der Waals surface area contributed by atoms with Gasteiger partial charge in [0.05, 0.1) is 16.1 Å². The fraction of sp³-hybridized carbons (Fsp3) is 0. The summed E-state index contributed by atoms with van der Waals surface area (Å²) in [6, 6.07) is 29.0. The Balaban J connectivity index is 1.89. The third-order valence-electron chi connectivity index (χ3n) is 4.99. The van der Waals surface area contributed by atoms with Crippen LogP contribution in [0.5, 0.6) is 0 Å². The summed E-state index contributed by atoms with van der Waals surface area (Å²) in [5.74, 6) is 0. The lowest BCUT2D eigenvalue weighted by Gasteiger charge is -2.17. The van der Waals surface area contributed by atoms with E-state index in [0.717, 1.165) is 33.3 Å². The molecule has 3 nitrogen and oxygen atoms in total. The number of hydrogen-bond donors (Lipinski definition) is 1. The summed E-state index contributed by atoms with van der Waals surface area (Å²) < 4.78 is 5.66. The molecule has 0 saturated heterocycles. The number of hydrogen-bond acceptors (Lipinski definition) is 3. The van der Waals surface area contributed by atoms with Crippen LogP contribution in [0.15, 0.2) is 100 Å². The van der Waals surface area contributed by atoms with E-state index < -0.39 is 0 Å². The highest BCUT2D eigenvalue weighted by molar-refractivity contribution is 6.33. The molecule has 0 amide bonds. The average Bonchev–Trinajstić information content (AvgIpc) is 2.76. The molecular formula is C25H16ClNO2. The molecule has 0 saturated carbocycles. The third-order valence-corrected chi connectivity index (χ3v) is 5.32. The molecule has 0 fully saturated rings. The minimum absolute atomic E-state index is 0.334. The van der Waals surface area contributed by atoms with E-state index in [9.17, 15) is 4.79 Å². The number of fused-ring (bicyclic) bond motifs is 3. The van der Waals surface area contributed by atoms with Crippen molar-refractivity contribution in [2.45, 2.75) is 0 Å². The van der Waals surface area contributed by atoms with E-state index in [1.54, 1.807) is 6.07 Å². The molecular weight excluding hydrogens is 382 g/mol. The predicted molar refractivity (Wildman–Crippen MR) is 120 cm³/mol. The van der Waals surface area contributed by atoms with E-state index in [0.29, 0.717) is 16.0 Å². The molecule has 0 radical (unpaired) electrons. The number of rotatable bonds is 3. The lowest BCUT2D eigenvalue weighted by atomic mass is 9.95. The lowest BCUT2D eigenvalue weighted by Crippen LogP contribution is -2.02. The Morgan fingerprint density at radius 2 is 1.38 bits per heavy atom. The van der Waals surface area contributed by atoms with E-state index in [-0.39, 0.29) is 5.63 Å². The summed E-state index contributed by atoms with van der Waals surface area (Å²) in [6.45, 7) is 0. The van der Waals surface area contributed by atoms with Crippen LogP contribution in [0, 0.1) is 0 Å². The maximum Gasteiger partial charge on any atom is 0.344 e. The van der Waals surface area contributed by atoms with Crippen LogP contribution in [0.25, 0.3) is 32.9 Å². The van der Waals surface area contributed by atoms with E-state index >= 15 is 0 Å². The zero-order chi connectivity index (χ0) is 19.8. The molecule has 4 aromatic carbocycles. The molecule has 1 heterocycles. The summed E-state index contributed by atoms with van der Waals surface area (Å²) >= 11 is 6.38. The van der Waals surface area contributed by atoms with Crippen molar-refractivity contribution >= 4 is 44.7 Å². The van der Waals surface area contributed by atoms with Gasteiger partial charge in [-0.25, -0.2) is 4.79 Å². The Labute approximate surface area is 172 Å². The van der Waals surface area contributed by atoms with Crippen LogP contribution < -0.4 is 10.9 Å². The second-order valence-corrected chi connectivity index (χ2v) is 7.17. The van der Waals surface area contributed by atoms with Gasteiger partial charge in [0.15, 0.2) is 0 Å². The van der Waals surface area contributed by atoms with Gasteiger partial charge in [0, 0.05) is 22.0 Å². The fourth-order valence-corrected chi connectivity index (χ4v) is 3.87. The Morgan fingerprint density at radius 1 is 0.690 bits per heavy atom. The van der Waals surface area contributed by atoms with Crippen LogP contribution >= 0.6 is 11.6 Å². The third kappa shape index (κ3) is 3.06. The molecule has 0 spiro atoms. The smallest absolute Gasteiger partial charge is 0.344 e. The van der Waals surface area contributed by atoms with Crippen molar-refractivity contribution in [1.29, 1.82) is 0 Å². The molecule has 1 aromatic heterocycles. The second-order valence-electron chi connectivity index (χ2n) is 6.77. The summed E-state index contributed by atoms with van der Waals surface area (Å²) in [5.41, 5.74) is 3.90. The predicted octanol–water partition coefficient (Wildman–Crippen LogP) is 7.01. The molecule has 0 unspecified atom stereocenters. The highest BCUT2D eigenvalue weighted by Gasteiger charge is 2.16. The number of nitrogens with one attached hydrogen (secondary N) is 1. The van der Waals surface area contributed by atoms with Gasteiger partial charge >= 0.3 is 5.63 Å². The molecule has 0 atom stereocenters. The van der Waals surface area contributed by atoms with Gasteiger partial charge in [-0.3, -0.25) is 0 Å². The normalized spacial score (nSPS) is 11.1. The van der Waals surface area contributed by atoms with Gasteiger partial charge in [0.1, 0.15) is 5.58 Å². The van der Waals surface area contributed by atoms with Crippen LogP contribution in [-0.4, -0.2) is 0 Å². The molecule has 1 N–H and O–H groups in total. The van der Waals surface area contributed by atoms with Crippen molar-refractivity contribution < 1.29 is 4.42 Å². The van der Waals surface area contributed by atoms with Crippen LogP contribution in [0.1, 0.15) is 0 Å². The van der Waals surface area contributed by atoms with Crippen molar-refractivity contribution in [1.82, 2.24) is 0 Å². The summed E-state index contributed by atoms with van der Waals surface area (Å²) in [5, 5.41) is 6.41. The van der Waals surface area contributed by atoms with Crippen LogP contribution in [0.2, 0.25) is 5.02 Å². The monoisotopic (exact) mass is 397 g/mol. The maximum atomic E-state index is 12.5. The fourth-order valence-electron chi connectivity index (χ4n) is 3.69. The number of anilines is 2. The van der Waals surface area contributed by atoms with Gasteiger partial charge in [0.25, 0.3) is 0 Å². The van der Waals surface area contributed by atoms with Crippen LogP contribution in [0.4, 0.5) is 11.4 Å². The first-order valence-corrected chi connectivity index (χ1v) is 9.66. The minimum Gasteiger partial charge on any atom is -0.422 e. The zero-order valence-electron chi connectivity index (χ0n) is 15.4. The van der Waals surface area contributed by atoms with Crippen molar-refractivity contribution in [3.8, 4) is 11.1 Å². The molecule has 0 aliphatic heterocycles. The highest BCUT2D eigenvalue weighted by atomic mass is 35.5. The summed E-state index contributed by atoms with van der Waals surface area (Å²) in [6.07, 6.45) is 0. The Hall–Kier alpha value is -3.56. The van der Waals surface area contributed by atoms with Crippen LogP contribution in [0.3, 0.4) is 0 Å². The first-order valence-electron chi connectivity index (χ1n) is 9.28. The SMILES string of the molecule is O=c1oc2ccc(Nc3ccccc3Cl)c(-c3ccccc3)c2c2ccccc12. The molecule has 29 heavy (non-hydrogen) atoms. The van der Waals surface area contributed by atoms with E-state index in [4.69, 9.17) is 16.0 Å². The van der Waals surface area contributed by atoms with E-state index in [2.05, 4.69) is 5.32 Å². The Bertz CT molecular complexity index is 1410. The minimum atomic E-state index is -0.334. The molecule has 5 rings (SSSR count). The number of para-hydroxylation sites is 1. The van der Waals surface area contributed by atoms with Gasteiger partial charge < -0.3 is 9.73 Å². The molecule has 5 aromatic rings. The van der Waals surface area contributed by atoms with Gasteiger partial charge in [0.2, 0.25) is 0 Å². The van der Waals surface area contributed by atoms with Gasteiger partial charge in [-0.2, -0.15) is 0 Å². The molecule has 0 aliphatic carbocycles. The standard InChI is InChI=1S/C25H16ClNO2/c26-19-12-6-7-13-20(19)27-21-14-15-22-24(23(21)16-8-2-1-3-9-16)17-10-4-5-11-18(17)25(28)29-22/h1-15,27H. The van der Waals surface area contributed by atoms with Gasteiger partial charge in [-0.1, -0.05) is 72.3 Å². The lowest BCUT2D eigenvalue weighted by molar-refractivity contribution is 0.570. The van der Waals surface area contributed by atoms with Crippen molar-refractivity contribution in [3.05, 3.63) is 106 Å². The molecule has 140 valence electrons. The number of halogens is 1. The zero-order valence-corrected chi connectivity index (χ0v) is 16.1. The van der Waals surface area contributed by atoms with Gasteiger partial charge in [-0.05, 0) is 35.9 Å². The van der Waals surface area contributed by atoms with Crippen molar-refractivity contribution in [3.63, 3.8) is 0 Å². The highest BCUT2D eigenvalue weighted by Crippen LogP contribution is 2.40. The first-order chi connectivity index (χ1) is 14.2. The summed E-state index contributed by atoms with van der Waals surface area (Å²) in [7, 11) is 0. The Kier molecular flexibility index (Phi) is 4.30. The molecule has 0 aliphatic rings. The van der Waals surface area contributed by atoms with Gasteiger partial charge in [-0.15, -0.1) is 0 Å². The topological polar surface area (TPSA) is 42.2 Å². The largest absolute Gasteiger partial charge is 0.422 e. The van der Waals surface area contributed by atoms with Crippen molar-refractivity contribution in [2.75, 3.05) is 5.32 Å². The average molecular weight is 398 g/mol. The van der Waals surface area contributed by atoms with E-state index in [1.807, 2.05) is 84.9 Å². The summed E-state index contributed by atoms with van der Waals surface area (Å²) in [4.78, 5) is 12.5. The Morgan fingerprint density at radius 3 is 2.17 bits per heavy atom. The molecule has 0 bridgehead atoms. The second kappa shape index (κ2) is 7.12. The van der Waals surface area contributed by atoms with Crippen molar-refractivity contribution in [2.24, 2.45) is 0 Å². The maximum absolute atomic E-state index is 12.5. The first kappa shape index (κ1) is 17.5.